The van der Waals surface area contributed by atoms with Crippen molar-refractivity contribution in [3.63, 3.8) is 0 Å². The van der Waals surface area contributed by atoms with Crippen LogP contribution in [0.2, 0.25) is 0 Å². The van der Waals surface area contributed by atoms with E-state index in [1.807, 2.05) is 35.2 Å². The number of carbonyl (C=O) groups is 1. The summed E-state index contributed by atoms with van der Waals surface area (Å²) in [5.41, 5.74) is 3.25. The molecule has 2 atom stereocenters. The number of fused-ring (bicyclic) bond motifs is 5. The number of aromatic amines is 1. The summed E-state index contributed by atoms with van der Waals surface area (Å²) in [4.78, 5) is 17.7. The van der Waals surface area contributed by atoms with Crippen molar-refractivity contribution in [3.8, 4) is 0 Å². The monoisotopic (exact) mass is 379 g/mol. The predicted molar refractivity (Wildman–Crippen MR) is 103 cm³/mol. The number of halogens is 1. The summed E-state index contributed by atoms with van der Waals surface area (Å²) in [7, 11) is 0. The lowest BCUT2D eigenvalue weighted by molar-refractivity contribution is 0.0585. The number of nitrogens with one attached hydrogen (secondary N) is 1. The van der Waals surface area contributed by atoms with Crippen molar-refractivity contribution < 1.29 is 9.18 Å². The summed E-state index contributed by atoms with van der Waals surface area (Å²) in [6.07, 6.45) is 2.18. The van der Waals surface area contributed by atoms with Gasteiger partial charge in [-0.1, -0.05) is 12.1 Å². The van der Waals surface area contributed by atoms with Crippen LogP contribution in [0.4, 0.5) is 4.39 Å². The van der Waals surface area contributed by atoms with Crippen LogP contribution in [-0.4, -0.2) is 56.8 Å². The second-order valence-electron chi connectivity index (χ2n) is 7.90. The highest BCUT2D eigenvalue weighted by atomic mass is 19.1. The summed E-state index contributed by atoms with van der Waals surface area (Å²) in [5.74, 6) is 0.336. The van der Waals surface area contributed by atoms with Crippen LogP contribution in [0.1, 0.15) is 28.8 Å². The van der Waals surface area contributed by atoms with Crippen LogP contribution >= 0.6 is 0 Å². The molecule has 1 N–H and O–H groups in total. The molecule has 0 spiro atoms. The van der Waals surface area contributed by atoms with Gasteiger partial charge in [0.2, 0.25) is 0 Å². The van der Waals surface area contributed by atoms with Gasteiger partial charge in [0.25, 0.3) is 5.91 Å². The second kappa shape index (κ2) is 6.98. The second-order valence-corrected chi connectivity index (χ2v) is 7.90. The lowest BCUT2D eigenvalue weighted by Gasteiger charge is -2.36. The van der Waals surface area contributed by atoms with E-state index in [4.69, 9.17) is 0 Å². The van der Waals surface area contributed by atoms with Crippen molar-refractivity contribution >= 4 is 16.9 Å². The molecule has 2 aromatic carbocycles. The molecule has 6 nitrogen and oxygen atoms in total. The van der Waals surface area contributed by atoms with E-state index in [2.05, 4.69) is 20.3 Å². The van der Waals surface area contributed by atoms with Gasteiger partial charge in [0.1, 0.15) is 16.9 Å². The standard InChI is InChI=1S/C21H22FN5O/c22-17-5-1-14(2-6-17)10-26-11-15-3-7-18(13-26)27(12-15)21(28)16-4-8-19-20(9-16)24-25-23-19/h1-2,4-6,8-9,15,18H,3,7,10-13H2,(H,23,24,25)/t15-,18+/m0/s1. The number of nitrogens with zero attached hydrogens (tertiary/aromatic N) is 4. The average Bonchev–Trinajstić information content (AvgIpc) is 3.01. The van der Waals surface area contributed by atoms with Crippen molar-refractivity contribution in [1.82, 2.24) is 25.2 Å². The summed E-state index contributed by atoms with van der Waals surface area (Å²) in [6, 6.07) is 12.4. The molecule has 144 valence electrons. The highest BCUT2D eigenvalue weighted by molar-refractivity contribution is 5.97. The first-order valence-electron chi connectivity index (χ1n) is 9.74. The van der Waals surface area contributed by atoms with Crippen LogP contribution < -0.4 is 0 Å². The third kappa shape index (κ3) is 3.26. The molecule has 0 unspecified atom stereocenters. The van der Waals surface area contributed by atoms with E-state index in [1.165, 1.54) is 12.1 Å². The molecule has 4 heterocycles. The lowest BCUT2D eigenvalue weighted by Crippen LogP contribution is -2.47. The molecule has 2 bridgehead atoms. The number of carbonyl (C=O) groups excluding carboxylic acids is 1. The fourth-order valence-electron chi connectivity index (χ4n) is 4.54. The van der Waals surface area contributed by atoms with Crippen molar-refractivity contribution in [2.75, 3.05) is 19.6 Å². The average molecular weight is 379 g/mol. The summed E-state index contributed by atoms with van der Waals surface area (Å²) < 4.78 is 13.2. The van der Waals surface area contributed by atoms with Gasteiger partial charge in [-0.05, 0) is 54.7 Å². The minimum absolute atomic E-state index is 0.0724. The topological polar surface area (TPSA) is 65.1 Å². The first-order valence-corrected chi connectivity index (χ1v) is 9.74. The Kier molecular flexibility index (Phi) is 4.31. The molecule has 3 aromatic rings. The van der Waals surface area contributed by atoms with E-state index in [-0.39, 0.29) is 17.8 Å². The maximum absolute atomic E-state index is 13.2. The van der Waals surface area contributed by atoms with Crippen LogP contribution in [0.3, 0.4) is 0 Å². The number of H-pyrrole nitrogens is 1. The Hall–Kier alpha value is -2.80. The van der Waals surface area contributed by atoms with Crippen molar-refractivity contribution in [3.05, 3.63) is 59.4 Å². The largest absolute Gasteiger partial charge is 0.334 e. The Morgan fingerprint density at radius 3 is 2.71 bits per heavy atom. The number of hydrogen-bond acceptors (Lipinski definition) is 4. The van der Waals surface area contributed by atoms with Crippen LogP contribution in [0, 0.1) is 11.7 Å². The molecule has 1 aromatic heterocycles. The molecule has 7 heteroatoms. The van der Waals surface area contributed by atoms with E-state index in [1.54, 1.807) is 0 Å². The number of rotatable bonds is 3. The van der Waals surface area contributed by atoms with E-state index in [0.29, 0.717) is 17.0 Å². The zero-order chi connectivity index (χ0) is 19.1. The lowest BCUT2D eigenvalue weighted by atomic mass is 9.94. The van der Waals surface area contributed by atoms with Gasteiger partial charge < -0.3 is 4.90 Å². The van der Waals surface area contributed by atoms with Crippen molar-refractivity contribution in [2.24, 2.45) is 5.92 Å². The minimum Gasteiger partial charge on any atom is -0.334 e. The Bertz CT molecular complexity index is 1000. The number of piperidine rings is 1. The summed E-state index contributed by atoms with van der Waals surface area (Å²) >= 11 is 0. The molecule has 0 radical (unpaired) electrons. The first-order chi connectivity index (χ1) is 13.7. The molecule has 1 amide bonds. The zero-order valence-electron chi connectivity index (χ0n) is 15.5. The van der Waals surface area contributed by atoms with E-state index in [9.17, 15) is 9.18 Å². The third-order valence-electron chi connectivity index (χ3n) is 5.93. The molecular formula is C21H22FN5O. The van der Waals surface area contributed by atoms with Crippen LogP contribution in [0.5, 0.6) is 0 Å². The van der Waals surface area contributed by atoms with Crippen LogP contribution in [0.25, 0.3) is 11.0 Å². The molecule has 0 aliphatic carbocycles. The van der Waals surface area contributed by atoms with E-state index < -0.39 is 0 Å². The smallest absolute Gasteiger partial charge is 0.254 e. The molecular weight excluding hydrogens is 357 g/mol. The van der Waals surface area contributed by atoms with Gasteiger partial charge in [-0.2, -0.15) is 15.4 Å². The molecule has 6 rings (SSSR count). The normalized spacial score (nSPS) is 22.5. The maximum Gasteiger partial charge on any atom is 0.254 e. The molecule has 3 saturated heterocycles. The zero-order valence-corrected chi connectivity index (χ0v) is 15.5. The SMILES string of the molecule is O=C(c1ccc2n[nH]nc2c1)N1C[C@H]2CC[C@@H]1CN(Cc1ccc(F)cc1)C2. The molecule has 3 aliphatic rings. The van der Waals surface area contributed by atoms with E-state index in [0.717, 1.165) is 50.1 Å². The fraction of sp³-hybridized carbons (Fsp3) is 0.381. The Labute approximate surface area is 162 Å². The number of amides is 1. The van der Waals surface area contributed by atoms with E-state index >= 15 is 0 Å². The Balaban J connectivity index is 1.34. The van der Waals surface area contributed by atoms with Gasteiger partial charge >= 0.3 is 0 Å². The molecule has 0 saturated carbocycles. The van der Waals surface area contributed by atoms with Gasteiger partial charge in [-0.3, -0.25) is 9.69 Å². The number of benzene rings is 2. The Morgan fingerprint density at radius 2 is 1.86 bits per heavy atom. The van der Waals surface area contributed by atoms with Crippen LogP contribution in [0.15, 0.2) is 42.5 Å². The van der Waals surface area contributed by atoms with Gasteiger partial charge in [0.15, 0.2) is 0 Å². The minimum atomic E-state index is -0.208. The molecule has 28 heavy (non-hydrogen) atoms. The third-order valence-corrected chi connectivity index (χ3v) is 5.93. The predicted octanol–water partition coefficient (Wildman–Crippen LogP) is 2.83. The Morgan fingerprint density at radius 1 is 1.04 bits per heavy atom. The molecule has 3 fully saturated rings. The van der Waals surface area contributed by atoms with Crippen LogP contribution in [-0.2, 0) is 6.54 Å². The first kappa shape index (κ1) is 17.3. The summed E-state index contributed by atoms with van der Waals surface area (Å²) in [6.45, 7) is 3.41. The quantitative estimate of drug-likeness (QED) is 0.760. The van der Waals surface area contributed by atoms with Crippen molar-refractivity contribution in [2.45, 2.75) is 25.4 Å². The maximum atomic E-state index is 13.2. The fourth-order valence-corrected chi connectivity index (χ4v) is 4.54. The highest BCUT2D eigenvalue weighted by Crippen LogP contribution is 2.30. The number of hydrogen-bond donors (Lipinski definition) is 1. The van der Waals surface area contributed by atoms with Gasteiger partial charge in [-0.15, -0.1) is 0 Å². The van der Waals surface area contributed by atoms with Gasteiger partial charge in [0, 0.05) is 37.8 Å². The summed E-state index contributed by atoms with van der Waals surface area (Å²) in [5, 5.41) is 10.7. The van der Waals surface area contributed by atoms with Gasteiger partial charge in [0.05, 0.1) is 0 Å². The number of aromatic nitrogens is 3. The van der Waals surface area contributed by atoms with Crippen molar-refractivity contribution in [1.29, 1.82) is 0 Å². The highest BCUT2D eigenvalue weighted by Gasteiger charge is 2.37. The van der Waals surface area contributed by atoms with Gasteiger partial charge in [-0.25, -0.2) is 4.39 Å². The molecule has 3 aliphatic heterocycles.